The number of carbonyl (C=O) groups is 3. The molecular formula is C29H48N4O8. The van der Waals surface area contributed by atoms with E-state index in [9.17, 15) is 19.5 Å². The van der Waals surface area contributed by atoms with Crippen molar-refractivity contribution in [3.63, 3.8) is 0 Å². The quantitative estimate of drug-likeness (QED) is 0.330. The van der Waals surface area contributed by atoms with Crippen molar-refractivity contribution in [1.29, 1.82) is 0 Å². The van der Waals surface area contributed by atoms with Crippen LogP contribution in [0.5, 0.6) is 0 Å². The van der Waals surface area contributed by atoms with Gasteiger partial charge in [0.05, 0.1) is 13.2 Å². The predicted octanol–water partition coefficient (Wildman–Crippen LogP) is 1.31. The smallest absolute Gasteiger partial charge is 0.336 e. The standard InChI is InChI=1S/C29H48N4O8/c1-21(2)13-27(14-22(3,4)32-21)19(36)30-25(9,40-27)29(17(18(34)35)38-11-12-39-29)26(10)31-20(37)28(41-26)15-23(5,6)33-24(7,8)16-28/h17,32-33H,11-16H2,1-10H3,(H,30,36)(H,31,37)(H,34,35). The van der Waals surface area contributed by atoms with Crippen molar-refractivity contribution < 1.29 is 38.4 Å². The Morgan fingerprint density at radius 1 is 0.683 bits per heavy atom. The van der Waals surface area contributed by atoms with Crippen LogP contribution in [0, 0.1) is 0 Å². The van der Waals surface area contributed by atoms with E-state index in [-0.39, 0.29) is 25.0 Å². The summed E-state index contributed by atoms with van der Waals surface area (Å²) in [6.07, 6.45) is -0.297. The third kappa shape index (κ3) is 4.60. The highest BCUT2D eigenvalue weighted by Gasteiger charge is 2.79. The summed E-state index contributed by atoms with van der Waals surface area (Å²) >= 11 is 0. The van der Waals surface area contributed by atoms with Crippen molar-refractivity contribution in [1.82, 2.24) is 21.3 Å². The maximum absolute atomic E-state index is 14.0. The second-order valence-electron chi connectivity index (χ2n) is 15.8. The monoisotopic (exact) mass is 580 g/mol. The second-order valence-corrected chi connectivity index (χ2v) is 15.8. The minimum absolute atomic E-state index is 0.00447. The van der Waals surface area contributed by atoms with Gasteiger partial charge in [-0.3, -0.25) is 9.59 Å². The highest BCUT2D eigenvalue weighted by molar-refractivity contribution is 5.91. The number of rotatable bonds is 3. The first kappa shape index (κ1) is 30.6. The van der Waals surface area contributed by atoms with E-state index in [1.165, 1.54) is 0 Å². The van der Waals surface area contributed by atoms with E-state index >= 15 is 0 Å². The molecule has 0 aliphatic carbocycles. The topological polar surface area (TPSA) is 156 Å². The van der Waals surface area contributed by atoms with Gasteiger partial charge in [0.2, 0.25) is 0 Å². The summed E-state index contributed by atoms with van der Waals surface area (Å²) in [4.78, 5) is 40.9. The number of carboxylic acid groups (broad SMARTS) is 1. The highest BCUT2D eigenvalue weighted by atomic mass is 16.7. The summed E-state index contributed by atoms with van der Waals surface area (Å²) in [6.45, 7) is 19.3. The van der Waals surface area contributed by atoms with Crippen LogP contribution in [0.4, 0.5) is 0 Å². The lowest BCUT2D eigenvalue weighted by molar-refractivity contribution is -0.357. The number of hydrogen-bond acceptors (Lipinski definition) is 9. The van der Waals surface area contributed by atoms with Gasteiger partial charge in [-0.05, 0) is 69.2 Å². The lowest BCUT2D eigenvalue weighted by Crippen LogP contribution is -2.82. The molecule has 0 bridgehead atoms. The average Bonchev–Trinajstić information content (AvgIpc) is 3.11. The van der Waals surface area contributed by atoms with Crippen LogP contribution in [0.1, 0.15) is 94.9 Å². The maximum Gasteiger partial charge on any atom is 0.336 e. The van der Waals surface area contributed by atoms with Gasteiger partial charge in [-0.15, -0.1) is 0 Å². The minimum Gasteiger partial charge on any atom is -0.479 e. The Labute approximate surface area is 242 Å². The molecule has 5 heterocycles. The van der Waals surface area contributed by atoms with E-state index < -0.39 is 62.5 Å². The summed E-state index contributed by atoms with van der Waals surface area (Å²) in [5, 5.41) is 23.7. The van der Waals surface area contributed by atoms with Crippen molar-refractivity contribution in [3.05, 3.63) is 0 Å². The Bertz CT molecular complexity index is 1060. The fourth-order valence-electron chi connectivity index (χ4n) is 9.42. The maximum atomic E-state index is 14.0. The molecule has 5 N–H and O–H groups in total. The van der Waals surface area contributed by atoms with Crippen LogP contribution in [0.15, 0.2) is 0 Å². The Balaban J connectivity index is 1.65. The Morgan fingerprint density at radius 3 is 1.39 bits per heavy atom. The highest BCUT2D eigenvalue weighted by Crippen LogP contribution is 2.56. The van der Waals surface area contributed by atoms with E-state index in [2.05, 4.69) is 21.3 Å². The third-order valence-electron chi connectivity index (χ3n) is 9.30. The van der Waals surface area contributed by atoms with Crippen molar-refractivity contribution in [2.75, 3.05) is 13.2 Å². The molecule has 5 fully saturated rings. The van der Waals surface area contributed by atoms with E-state index in [4.69, 9.17) is 18.9 Å². The Hall–Kier alpha value is -1.83. The number of piperidine rings is 2. The Kier molecular flexibility index (Phi) is 6.45. The number of carbonyl (C=O) groups excluding carboxylic acids is 2. The average molecular weight is 581 g/mol. The fraction of sp³-hybridized carbons (Fsp3) is 0.897. The molecule has 41 heavy (non-hydrogen) atoms. The normalized spacial score (nSPS) is 41.7. The van der Waals surface area contributed by atoms with Gasteiger partial charge >= 0.3 is 5.97 Å². The first-order valence-electron chi connectivity index (χ1n) is 14.6. The van der Waals surface area contributed by atoms with Crippen molar-refractivity contribution in [2.24, 2.45) is 0 Å². The van der Waals surface area contributed by atoms with E-state index in [0.717, 1.165) is 0 Å². The molecule has 0 radical (unpaired) electrons. The van der Waals surface area contributed by atoms with Crippen molar-refractivity contribution in [2.45, 2.75) is 151 Å². The number of nitrogens with one attached hydrogen (secondary N) is 4. The molecule has 5 rings (SSSR count). The van der Waals surface area contributed by atoms with Gasteiger partial charge in [0, 0.05) is 47.8 Å². The molecule has 0 aromatic rings. The van der Waals surface area contributed by atoms with Gasteiger partial charge in [-0.1, -0.05) is 0 Å². The number of aliphatic carboxylic acids is 1. The molecule has 2 spiro atoms. The number of ether oxygens (including phenoxy) is 4. The molecule has 232 valence electrons. The van der Waals surface area contributed by atoms with Crippen LogP contribution < -0.4 is 21.3 Å². The molecule has 5 aliphatic heterocycles. The second kappa shape index (κ2) is 8.63. The van der Waals surface area contributed by atoms with Crippen LogP contribution in [-0.2, 0) is 33.3 Å². The zero-order valence-corrected chi connectivity index (χ0v) is 26.1. The van der Waals surface area contributed by atoms with Gasteiger partial charge in [0.25, 0.3) is 11.8 Å². The summed E-state index contributed by atoms with van der Waals surface area (Å²) in [5.74, 6) is -2.05. The molecule has 0 saturated carbocycles. The van der Waals surface area contributed by atoms with Crippen molar-refractivity contribution in [3.8, 4) is 0 Å². The molecule has 0 aromatic carbocycles. The van der Waals surface area contributed by atoms with Crippen molar-refractivity contribution >= 4 is 17.8 Å². The largest absolute Gasteiger partial charge is 0.479 e. The van der Waals surface area contributed by atoms with Gasteiger partial charge in [0.1, 0.15) is 0 Å². The predicted molar refractivity (Wildman–Crippen MR) is 148 cm³/mol. The molecule has 3 atom stereocenters. The van der Waals surface area contributed by atoms with Gasteiger partial charge in [-0.2, -0.15) is 0 Å². The molecule has 5 saturated heterocycles. The third-order valence-corrected chi connectivity index (χ3v) is 9.30. The first-order valence-corrected chi connectivity index (χ1v) is 14.6. The molecule has 12 heteroatoms. The summed E-state index contributed by atoms with van der Waals surface area (Å²) < 4.78 is 26.0. The zero-order valence-electron chi connectivity index (χ0n) is 26.1. The lowest BCUT2D eigenvalue weighted by Gasteiger charge is -2.58. The summed E-state index contributed by atoms with van der Waals surface area (Å²) in [6, 6.07) is 0. The lowest BCUT2D eigenvalue weighted by atomic mass is 9.72. The molecule has 0 aromatic heterocycles. The van der Waals surface area contributed by atoms with E-state index in [1.807, 2.05) is 55.4 Å². The Morgan fingerprint density at radius 2 is 1.05 bits per heavy atom. The fourth-order valence-corrected chi connectivity index (χ4v) is 9.42. The van der Waals surface area contributed by atoms with Crippen LogP contribution in [-0.4, -0.2) is 92.6 Å². The number of hydrogen-bond donors (Lipinski definition) is 5. The number of carboxylic acids is 1. The molecule has 12 nitrogen and oxygen atoms in total. The molecule has 2 amide bonds. The molecular weight excluding hydrogens is 532 g/mol. The zero-order chi connectivity index (χ0) is 30.7. The van der Waals surface area contributed by atoms with Gasteiger partial charge < -0.3 is 45.3 Å². The SMILES string of the molecule is CC1(C)CC2(CC(C)(C)N1)OC(C)(C1(C3(C)NC(=O)C4(CC(C)(C)NC(C)(C)C4)O3)OCCOC1C(=O)O)NC2=O. The first-order chi connectivity index (χ1) is 18.5. The van der Waals surface area contributed by atoms with E-state index in [1.54, 1.807) is 13.8 Å². The minimum atomic E-state index is -2.00. The van der Waals surface area contributed by atoms with Crippen LogP contribution in [0.25, 0.3) is 0 Å². The van der Waals surface area contributed by atoms with E-state index in [0.29, 0.717) is 25.7 Å². The molecule has 5 aliphatic rings. The number of amides is 2. The van der Waals surface area contributed by atoms with Crippen LogP contribution in [0.2, 0.25) is 0 Å². The summed E-state index contributed by atoms with van der Waals surface area (Å²) in [5.41, 5.74) is -9.97. The van der Waals surface area contributed by atoms with Gasteiger partial charge in [0.15, 0.2) is 34.4 Å². The summed E-state index contributed by atoms with van der Waals surface area (Å²) in [7, 11) is 0. The molecule has 3 unspecified atom stereocenters. The van der Waals surface area contributed by atoms with Gasteiger partial charge in [-0.25, -0.2) is 4.79 Å². The van der Waals surface area contributed by atoms with Crippen LogP contribution >= 0.6 is 0 Å². The van der Waals surface area contributed by atoms with Crippen LogP contribution in [0.3, 0.4) is 0 Å².